The van der Waals surface area contributed by atoms with E-state index in [9.17, 15) is 4.79 Å². The van der Waals surface area contributed by atoms with Gasteiger partial charge in [0.15, 0.2) is 0 Å². The van der Waals surface area contributed by atoms with Crippen molar-refractivity contribution in [2.24, 2.45) is 0 Å². The molecule has 0 aliphatic heterocycles. The average Bonchev–Trinajstić information content (AvgIpc) is 2.94. The molecule has 0 aliphatic carbocycles. The molecule has 1 amide bonds. The number of hydrogen-bond donors (Lipinski definition) is 0. The lowest BCUT2D eigenvalue weighted by atomic mass is 10.2. The number of pyridine rings is 1. The zero-order chi connectivity index (χ0) is 18.5. The predicted octanol–water partition coefficient (Wildman–Crippen LogP) is 4.16. The van der Waals surface area contributed by atoms with Crippen molar-refractivity contribution in [3.05, 3.63) is 89.5 Å². The number of para-hydroxylation sites is 1. The first-order valence-corrected chi connectivity index (χ1v) is 8.62. The molecule has 3 aromatic rings. The molecule has 2 heterocycles. The first kappa shape index (κ1) is 17.7. The second kappa shape index (κ2) is 7.83. The molecule has 1 aromatic carbocycles. The third-order valence-corrected chi connectivity index (χ3v) is 4.41. The van der Waals surface area contributed by atoms with Gasteiger partial charge in [0.05, 0.1) is 0 Å². The Morgan fingerprint density at radius 1 is 1.15 bits per heavy atom. The first-order chi connectivity index (χ1) is 12.6. The van der Waals surface area contributed by atoms with Crippen LogP contribution in [-0.2, 0) is 11.3 Å². The zero-order valence-electron chi connectivity index (χ0n) is 15.4. The molecule has 4 heteroatoms. The van der Waals surface area contributed by atoms with Crippen molar-refractivity contribution in [1.82, 2.24) is 14.5 Å². The summed E-state index contributed by atoms with van der Waals surface area (Å²) in [7, 11) is 1.80. The minimum Gasteiger partial charge on any atom is -0.338 e. The molecule has 2 aromatic heterocycles. The Labute approximate surface area is 154 Å². The highest BCUT2D eigenvalue weighted by molar-refractivity contribution is 5.91. The smallest absolute Gasteiger partial charge is 0.246 e. The van der Waals surface area contributed by atoms with Gasteiger partial charge in [-0.1, -0.05) is 24.3 Å². The molecule has 0 unspecified atom stereocenters. The first-order valence-electron chi connectivity index (χ1n) is 8.62. The number of benzene rings is 1. The van der Waals surface area contributed by atoms with Gasteiger partial charge >= 0.3 is 0 Å². The van der Waals surface area contributed by atoms with Gasteiger partial charge in [0.1, 0.15) is 0 Å². The van der Waals surface area contributed by atoms with Crippen molar-refractivity contribution < 1.29 is 4.79 Å². The van der Waals surface area contributed by atoms with Crippen LogP contribution in [0.1, 0.15) is 22.5 Å². The molecule has 4 nitrogen and oxygen atoms in total. The number of amides is 1. The van der Waals surface area contributed by atoms with Gasteiger partial charge in [-0.15, -0.1) is 0 Å². The summed E-state index contributed by atoms with van der Waals surface area (Å²) in [4.78, 5) is 18.2. The third kappa shape index (κ3) is 3.91. The molecule has 0 bridgehead atoms. The summed E-state index contributed by atoms with van der Waals surface area (Å²) in [6.45, 7) is 4.69. The van der Waals surface area contributed by atoms with E-state index >= 15 is 0 Å². The van der Waals surface area contributed by atoms with Gasteiger partial charge in [-0.25, -0.2) is 0 Å². The van der Waals surface area contributed by atoms with Crippen LogP contribution in [0.3, 0.4) is 0 Å². The second-order valence-electron chi connectivity index (χ2n) is 6.39. The number of nitrogens with zero attached hydrogens (tertiary/aromatic N) is 3. The van der Waals surface area contributed by atoms with E-state index in [1.54, 1.807) is 30.4 Å². The van der Waals surface area contributed by atoms with E-state index < -0.39 is 0 Å². The van der Waals surface area contributed by atoms with Crippen LogP contribution in [0.2, 0.25) is 0 Å². The lowest BCUT2D eigenvalue weighted by Crippen LogP contribution is -2.24. The minimum absolute atomic E-state index is 0.0293. The van der Waals surface area contributed by atoms with E-state index in [2.05, 4.69) is 41.6 Å². The summed E-state index contributed by atoms with van der Waals surface area (Å²) in [6, 6.07) is 16.2. The fourth-order valence-corrected chi connectivity index (χ4v) is 3.06. The van der Waals surface area contributed by atoms with Crippen LogP contribution in [0.4, 0.5) is 0 Å². The van der Waals surface area contributed by atoms with Gasteiger partial charge in [-0.2, -0.15) is 0 Å². The maximum absolute atomic E-state index is 12.4. The number of hydrogen-bond acceptors (Lipinski definition) is 2. The predicted molar refractivity (Wildman–Crippen MR) is 105 cm³/mol. The molecule has 0 atom stereocenters. The van der Waals surface area contributed by atoms with Crippen LogP contribution >= 0.6 is 0 Å². The van der Waals surface area contributed by atoms with Crippen molar-refractivity contribution >= 4 is 12.0 Å². The molecule has 3 rings (SSSR count). The van der Waals surface area contributed by atoms with Crippen molar-refractivity contribution in [3.8, 4) is 5.69 Å². The number of likely N-dealkylation sites (N-methyl/N-ethyl adjacent to an activating group) is 1. The number of carbonyl (C=O) groups excluding carboxylic acids is 1. The highest BCUT2D eigenvalue weighted by atomic mass is 16.2. The molecule has 0 radical (unpaired) electrons. The average molecular weight is 345 g/mol. The molecular weight excluding hydrogens is 322 g/mol. The normalized spacial score (nSPS) is 11.0. The molecule has 132 valence electrons. The van der Waals surface area contributed by atoms with E-state index in [-0.39, 0.29) is 5.91 Å². The number of aromatic nitrogens is 2. The molecular formula is C22H23N3O. The lowest BCUT2D eigenvalue weighted by molar-refractivity contribution is -0.125. The summed E-state index contributed by atoms with van der Waals surface area (Å²) in [5, 5.41) is 0. The Morgan fingerprint density at radius 2 is 1.92 bits per heavy atom. The highest BCUT2D eigenvalue weighted by Gasteiger charge is 2.10. The zero-order valence-corrected chi connectivity index (χ0v) is 15.4. The Balaban J connectivity index is 1.75. The number of rotatable bonds is 5. The quantitative estimate of drug-likeness (QED) is 0.651. The minimum atomic E-state index is -0.0293. The van der Waals surface area contributed by atoms with Gasteiger partial charge in [0.2, 0.25) is 5.91 Å². The fourth-order valence-electron chi connectivity index (χ4n) is 3.06. The van der Waals surface area contributed by atoms with Gasteiger partial charge < -0.3 is 9.47 Å². The van der Waals surface area contributed by atoms with Crippen molar-refractivity contribution in [3.63, 3.8) is 0 Å². The topological polar surface area (TPSA) is 38.1 Å². The van der Waals surface area contributed by atoms with E-state index in [1.165, 1.54) is 0 Å². The Morgan fingerprint density at radius 3 is 2.62 bits per heavy atom. The molecule has 0 fully saturated rings. The number of carbonyl (C=O) groups is 1. The van der Waals surface area contributed by atoms with E-state index in [0.717, 1.165) is 28.2 Å². The number of aryl methyl sites for hydroxylation is 1. The molecule has 0 aliphatic rings. The van der Waals surface area contributed by atoms with Gasteiger partial charge in [0.25, 0.3) is 0 Å². The third-order valence-electron chi connectivity index (χ3n) is 4.41. The highest BCUT2D eigenvalue weighted by Crippen LogP contribution is 2.21. The summed E-state index contributed by atoms with van der Waals surface area (Å²) in [6.07, 6.45) is 7.03. The standard InChI is InChI=1S/C22H23N3O/c1-17-14-20(18(2)25(17)21-9-5-4-6-10-21)11-12-22(26)24(3)16-19-8-7-13-23-15-19/h4-15H,16H2,1-3H3/b12-11+. The van der Waals surface area contributed by atoms with Crippen LogP contribution < -0.4 is 0 Å². The summed E-state index contributed by atoms with van der Waals surface area (Å²) in [5.74, 6) is -0.0293. The molecule has 26 heavy (non-hydrogen) atoms. The summed E-state index contributed by atoms with van der Waals surface area (Å²) in [5.41, 5.74) is 5.45. The fraction of sp³-hybridized carbons (Fsp3) is 0.182. The maximum atomic E-state index is 12.4. The van der Waals surface area contributed by atoms with Crippen LogP contribution in [0, 0.1) is 13.8 Å². The van der Waals surface area contributed by atoms with Crippen LogP contribution in [0.25, 0.3) is 11.8 Å². The monoisotopic (exact) mass is 345 g/mol. The van der Waals surface area contributed by atoms with Crippen molar-refractivity contribution in [1.29, 1.82) is 0 Å². The Kier molecular flexibility index (Phi) is 5.32. The van der Waals surface area contributed by atoms with Gasteiger partial charge in [0, 0.05) is 49.1 Å². The maximum Gasteiger partial charge on any atom is 0.246 e. The van der Waals surface area contributed by atoms with Crippen molar-refractivity contribution in [2.45, 2.75) is 20.4 Å². The largest absolute Gasteiger partial charge is 0.338 e. The molecule has 0 spiro atoms. The van der Waals surface area contributed by atoms with E-state index in [1.807, 2.05) is 36.4 Å². The van der Waals surface area contributed by atoms with Crippen LogP contribution in [0.15, 0.2) is 67.0 Å². The van der Waals surface area contributed by atoms with E-state index in [4.69, 9.17) is 0 Å². The van der Waals surface area contributed by atoms with Crippen LogP contribution in [0.5, 0.6) is 0 Å². The molecule has 0 saturated carbocycles. The lowest BCUT2D eigenvalue weighted by Gasteiger charge is -2.14. The summed E-state index contributed by atoms with van der Waals surface area (Å²) < 4.78 is 2.20. The van der Waals surface area contributed by atoms with Crippen LogP contribution in [-0.4, -0.2) is 27.4 Å². The van der Waals surface area contributed by atoms with Crippen molar-refractivity contribution in [2.75, 3.05) is 7.05 Å². The van der Waals surface area contributed by atoms with Gasteiger partial charge in [-0.05, 0) is 55.3 Å². The molecule has 0 N–H and O–H groups in total. The molecule has 0 saturated heterocycles. The van der Waals surface area contributed by atoms with Gasteiger partial charge in [-0.3, -0.25) is 9.78 Å². The Hall–Kier alpha value is -3.14. The summed E-state index contributed by atoms with van der Waals surface area (Å²) >= 11 is 0. The second-order valence-corrected chi connectivity index (χ2v) is 6.39. The Bertz CT molecular complexity index is 911. The van der Waals surface area contributed by atoms with E-state index in [0.29, 0.717) is 6.54 Å². The SMILES string of the molecule is Cc1cc(/C=C/C(=O)N(C)Cc2cccnc2)c(C)n1-c1ccccc1.